The topological polar surface area (TPSA) is 110 Å². The molecule has 1 aliphatic heterocycles. The number of aryl methyl sites for hydroxylation is 1. The summed E-state index contributed by atoms with van der Waals surface area (Å²) in [5.41, 5.74) is 1.64. The zero-order valence-corrected chi connectivity index (χ0v) is 16.0. The van der Waals surface area contributed by atoms with Crippen LogP contribution in [0.2, 0.25) is 0 Å². The number of methoxy groups -OCH3 is 1. The number of carbonyl (C=O) groups excluding carboxylic acids is 1. The second-order valence-electron chi connectivity index (χ2n) is 6.68. The first-order chi connectivity index (χ1) is 13.6. The van der Waals surface area contributed by atoms with Gasteiger partial charge in [-0.05, 0) is 20.4 Å². The lowest BCUT2D eigenvalue weighted by atomic mass is 10.3. The number of nitrogens with zero attached hydrogens (tertiary/aromatic N) is 6. The van der Waals surface area contributed by atoms with E-state index >= 15 is 0 Å². The maximum Gasteiger partial charge on any atom is 0.277 e. The van der Waals surface area contributed by atoms with Crippen molar-refractivity contribution in [1.82, 2.24) is 29.7 Å². The Morgan fingerprint density at radius 3 is 2.79 bits per heavy atom. The minimum absolute atomic E-state index is 0.218. The summed E-state index contributed by atoms with van der Waals surface area (Å²) in [6, 6.07) is 0.451. The summed E-state index contributed by atoms with van der Waals surface area (Å²) >= 11 is 0. The van der Waals surface area contributed by atoms with Gasteiger partial charge in [0.15, 0.2) is 5.82 Å². The predicted octanol–water partition coefficient (Wildman–Crippen LogP) is 0.887. The number of hydrogen-bond donors (Lipinski definition) is 2. The van der Waals surface area contributed by atoms with Gasteiger partial charge >= 0.3 is 0 Å². The summed E-state index contributed by atoms with van der Waals surface area (Å²) in [5.74, 6) is 1.05. The van der Waals surface area contributed by atoms with Crippen LogP contribution in [0, 0.1) is 6.92 Å². The van der Waals surface area contributed by atoms with E-state index in [0.717, 1.165) is 31.0 Å². The number of hydrogen-bond acceptors (Lipinski definition) is 8. The van der Waals surface area contributed by atoms with E-state index in [1.54, 1.807) is 16.8 Å². The van der Waals surface area contributed by atoms with Gasteiger partial charge in [0, 0.05) is 25.3 Å². The van der Waals surface area contributed by atoms with Crippen molar-refractivity contribution < 1.29 is 9.53 Å². The van der Waals surface area contributed by atoms with Gasteiger partial charge in [-0.25, -0.2) is 15.0 Å². The molecule has 0 saturated carbocycles. The molecule has 0 spiro atoms. The van der Waals surface area contributed by atoms with Crippen LogP contribution in [-0.4, -0.2) is 63.5 Å². The van der Waals surface area contributed by atoms with E-state index in [1.807, 2.05) is 20.2 Å². The van der Waals surface area contributed by atoms with Gasteiger partial charge in [0.05, 0.1) is 31.4 Å². The van der Waals surface area contributed by atoms with Gasteiger partial charge in [0.25, 0.3) is 11.8 Å². The first-order valence-electron chi connectivity index (χ1n) is 9.03. The van der Waals surface area contributed by atoms with Crippen LogP contribution in [0.4, 0.5) is 11.6 Å². The Hall–Kier alpha value is -3.27. The van der Waals surface area contributed by atoms with Crippen molar-refractivity contribution in [2.75, 3.05) is 37.5 Å². The fraction of sp³-hybridized carbons (Fsp3) is 0.389. The molecule has 1 fully saturated rings. The van der Waals surface area contributed by atoms with E-state index in [0.29, 0.717) is 23.4 Å². The first kappa shape index (κ1) is 18.1. The van der Waals surface area contributed by atoms with E-state index in [-0.39, 0.29) is 11.6 Å². The average Bonchev–Trinajstić information content (AvgIpc) is 3.33. The van der Waals surface area contributed by atoms with Crippen molar-refractivity contribution in [3.8, 4) is 5.88 Å². The third-order valence-corrected chi connectivity index (χ3v) is 4.75. The highest BCUT2D eigenvalue weighted by Gasteiger charge is 2.22. The molecular weight excluding hydrogens is 360 g/mol. The number of carbonyl (C=O) groups is 1. The minimum atomic E-state index is -0.390. The summed E-state index contributed by atoms with van der Waals surface area (Å²) in [5, 5.41) is 6.00. The molecule has 3 aromatic rings. The van der Waals surface area contributed by atoms with Crippen LogP contribution < -0.4 is 20.3 Å². The standard InChI is InChI=1S/C18H22N8O2/c1-11-8-26-10-14(24-18(28-3)16(26)22-11)23-17(27)13-6-21-15(7-20-13)25-5-4-12(9-25)19-2/h6-8,10,12,19H,4-5,9H2,1-3H3,(H,23,27). The second kappa shape index (κ2) is 7.39. The normalized spacial score (nSPS) is 16.5. The molecule has 4 heterocycles. The van der Waals surface area contributed by atoms with Gasteiger partial charge in [-0.1, -0.05) is 0 Å². The summed E-state index contributed by atoms with van der Waals surface area (Å²) < 4.78 is 7.04. The van der Waals surface area contributed by atoms with Gasteiger partial charge < -0.3 is 20.3 Å². The quantitative estimate of drug-likeness (QED) is 0.669. The van der Waals surface area contributed by atoms with Crippen LogP contribution >= 0.6 is 0 Å². The van der Waals surface area contributed by atoms with Crippen molar-refractivity contribution in [2.45, 2.75) is 19.4 Å². The number of imidazole rings is 1. The lowest BCUT2D eigenvalue weighted by molar-refractivity contribution is 0.102. The average molecular weight is 382 g/mol. The molecule has 0 radical (unpaired) electrons. The Kier molecular flexibility index (Phi) is 4.78. The highest BCUT2D eigenvalue weighted by molar-refractivity contribution is 6.02. The Bertz CT molecular complexity index is 1000. The largest absolute Gasteiger partial charge is 0.478 e. The fourth-order valence-electron chi connectivity index (χ4n) is 3.28. The van der Waals surface area contributed by atoms with Crippen molar-refractivity contribution in [2.24, 2.45) is 0 Å². The van der Waals surface area contributed by atoms with Crippen LogP contribution in [0.25, 0.3) is 5.65 Å². The predicted molar refractivity (Wildman–Crippen MR) is 104 cm³/mol. The monoisotopic (exact) mass is 382 g/mol. The molecule has 0 bridgehead atoms. The van der Waals surface area contributed by atoms with Gasteiger partial charge in [0.2, 0.25) is 5.65 Å². The van der Waals surface area contributed by atoms with E-state index in [1.165, 1.54) is 13.3 Å². The van der Waals surface area contributed by atoms with Crippen LogP contribution in [0.15, 0.2) is 24.8 Å². The summed E-state index contributed by atoms with van der Waals surface area (Å²) in [6.07, 6.45) is 7.68. The van der Waals surface area contributed by atoms with E-state index < -0.39 is 0 Å². The van der Waals surface area contributed by atoms with Crippen molar-refractivity contribution >= 4 is 23.2 Å². The number of fused-ring (bicyclic) bond motifs is 1. The van der Waals surface area contributed by atoms with Crippen LogP contribution in [0.5, 0.6) is 5.88 Å². The van der Waals surface area contributed by atoms with E-state index in [9.17, 15) is 4.79 Å². The highest BCUT2D eigenvalue weighted by Crippen LogP contribution is 2.20. The Morgan fingerprint density at radius 2 is 2.11 bits per heavy atom. The molecule has 28 heavy (non-hydrogen) atoms. The Balaban J connectivity index is 1.50. The molecule has 3 aromatic heterocycles. The summed E-state index contributed by atoms with van der Waals surface area (Å²) in [6.45, 7) is 3.67. The molecule has 1 saturated heterocycles. The molecule has 4 rings (SSSR count). The molecule has 1 atom stereocenters. The van der Waals surface area contributed by atoms with Crippen molar-refractivity contribution in [3.05, 3.63) is 36.2 Å². The van der Waals surface area contributed by atoms with E-state index in [4.69, 9.17) is 4.74 Å². The maximum atomic E-state index is 12.5. The van der Waals surface area contributed by atoms with Gasteiger partial charge in [0.1, 0.15) is 11.5 Å². The van der Waals surface area contributed by atoms with Crippen molar-refractivity contribution in [3.63, 3.8) is 0 Å². The molecule has 1 unspecified atom stereocenters. The molecule has 1 aliphatic rings. The molecular formula is C18H22N8O2. The third-order valence-electron chi connectivity index (χ3n) is 4.75. The Morgan fingerprint density at radius 1 is 1.25 bits per heavy atom. The fourth-order valence-corrected chi connectivity index (χ4v) is 3.28. The number of nitrogens with one attached hydrogen (secondary N) is 2. The smallest absolute Gasteiger partial charge is 0.277 e. The number of aromatic nitrogens is 5. The number of anilines is 2. The van der Waals surface area contributed by atoms with Crippen LogP contribution in [-0.2, 0) is 0 Å². The second-order valence-corrected chi connectivity index (χ2v) is 6.68. The molecule has 0 aromatic carbocycles. The zero-order valence-electron chi connectivity index (χ0n) is 16.0. The molecule has 146 valence electrons. The highest BCUT2D eigenvalue weighted by atomic mass is 16.5. The lowest BCUT2D eigenvalue weighted by Crippen LogP contribution is -2.30. The van der Waals surface area contributed by atoms with Crippen LogP contribution in [0.3, 0.4) is 0 Å². The lowest BCUT2D eigenvalue weighted by Gasteiger charge is -2.16. The Labute approximate surface area is 162 Å². The number of ether oxygens (including phenoxy) is 1. The number of amides is 1. The number of rotatable bonds is 5. The maximum absolute atomic E-state index is 12.5. The van der Waals surface area contributed by atoms with Gasteiger partial charge in [-0.2, -0.15) is 4.98 Å². The van der Waals surface area contributed by atoms with Gasteiger partial charge in [-0.3, -0.25) is 9.20 Å². The zero-order chi connectivity index (χ0) is 19.7. The summed E-state index contributed by atoms with van der Waals surface area (Å²) in [7, 11) is 3.47. The van der Waals surface area contributed by atoms with Crippen LogP contribution in [0.1, 0.15) is 22.6 Å². The molecule has 1 amide bonds. The van der Waals surface area contributed by atoms with Crippen molar-refractivity contribution in [1.29, 1.82) is 0 Å². The third kappa shape index (κ3) is 3.46. The molecule has 10 nitrogen and oxygen atoms in total. The summed E-state index contributed by atoms with van der Waals surface area (Å²) in [4.78, 5) is 32.0. The molecule has 2 N–H and O–H groups in total. The molecule has 10 heteroatoms. The van der Waals surface area contributed by atoms with Gasteiger partial charge in [-0.15, -0.1) is 0 Å². The first-order valence-corrected chi connectivity index (χ1v) is 9.03. The molecule has 0 aliphatic carbocycles. The SMILES string of the molecule is CNC1CCN(c2cnc(C(=O)Nc3cn4cc(C)nc4c(OC)n3)cn2)C1. The number of likely N-dealkylation sites (N-methyl/N-ethyl adjacent to an activating group) is 1. The van der Waals surface area contributed by atoms with E-state index in [2.05, 4.69) is 35.5 Å². The minimum Gasteiger partial charge on any atom is -0.478 e.